The maximum Gasteiger partial charge on any atom is 0.237 e. The van der Waals surface area contributed by atoms with Crippen LogP contribution in [0.2, 0.25) is 0 Å². The minimum absolute atomic E-state index is 0.0766. The first-order valence-corrected chi connectivity index (χ1v) is 6.88. The minimum atomic E-state index is -0.0850. The molecule has 1 aliphatic heterocycles. The summed E-state index contributed by atoms with van der Waals surface area (Å²) in [7, 11) is 0. The molecule has 2 aliphatic rings. The summed E-state index contributed by atoms with van der Waals surface area (Å²) in [4.78, 5) is 29.9. The van der Waals surface area contributed by atoms with Crippen LogP contribution in [0.3, 0.4) is 0 Å². The molecule has 19 heavy (non-hydrogen) atoms. The summed E-state index contributed by atoms with van der Waals surface area (Å²) in [5.74, 6) is -0.323. The van der Waals surface area contributed by atoms with Gasteiger partial charge in [0.2, 0.25) is 11.8 Å². The fraction of sp³-hybridized carbons (Fsp3) is 0.214. The summed E-state index contributed by atoms with van der Waals surface area (Å²) in [6.07, 6.45) is 2.40. The van der Waals surface area contributed by atoms with Crippen molar-refractivity contribution in [2.75, 3.05) is 4.90 Å². The highest BCUT2D eigenvalue weighted by atomic mass is 79.9. The number of imide groups is 1. The topological polar surface area (TPSA) is 50.3 Å². The Hall–Kier alpha value is -1.75. The Morgan fingerprint density at radius 1 is 1.21 bits per heavy atom. The van der Waals surface area contributed by atoms with Crippen LogP contribution in [0, 0.1) is 11.8 Å². The van der Waals surface area contributed by atoms with Crippen molar-refractivity contribution in [1.82, 2.24) is 4.98 Å². The van der Waals surface area contributed by atoms with Crippen LogP contribution in [0.4, 0.5) is 5.69 Å². The molecule has 0 spiro atoms. The number of pyridine rings is 1. The molecule has 0 N–H and O–H groups in total. The van der Waals surface area contributed by atoms with Crippen molar-refractivity contribution >= 4 is 44.3 Å². The molecular formula is C14H9BrN2O2. The number of carbonyl (C=O) groups is 2. The number of rotatable bonds is 1. The van der Waals surface area contributed by atoms with E-state index in [9.17, 15) is 9.59 Å². The second-order valence-electron chi connectivity index (χ2n) is 4.96. The van der Waals surface area contributed by atoms with Gasteiger partial charge in [0, 0.05) is 16.1 Å². The lowest BCUT2D eigenvalue weighted by molar-refractivity contribution is -0.123. The quantitative estimate of drug-likeness (QED) is 0.760. The Labute approximate surface area is 117 Å². The number of nitrogens with zero attached hydrogens (tertiary/aromatic N) is 2. The zero-order chi connectivity index (χ0) is 13.1. The van der Waals surface area contributed by atoms with Gasteiger partial charge >= 0.3 is 0 Å². The maximum absolute atomic E-state index is 12.1. The molecule has 2 amide bonds. The summed E-state index contributed by atoms with van der Waals surface area (Å²) in [6, 6.07) is 7.47. The van der Waals surface area contributed by atoms with Crippen molar-refractivity contribution in [3.63, 3.8) is 0 Å². The molecule has 2 heterocycles. The summed E-state index contributed by atoms with van der Waals surface area (Å²) < 4.78 is 0.874. The van der Waals surface area contributed by atoms with Crippen LogP contribution in [-0.4, -0.2) is 16.8 Å². The van der Waals surface area contributed by atoms with Crippen molar-refractivity contribution in [2.24, 2.45) is 11.8 Å². The van der Waals surface area contributed by atoms with Gasteiger partial charge < -0.3 is 0 Å². The third-order valence-electron chi connectivity index (χ3n) is 3.76. The van der Waals surface area contributed by atoms with Crippen LogP contribution in [0.5, 0.6) is 0 Å². The summed E-state index contributed by atoms with van der Waals surface area (Å²) >= 11 is 3.37. The van der Waals surface area contributed by atoms with Crippen LogP contribution < -0.4 is 4.90 Å². The van der Waals surface area contributed by atoms with Crippen molar-refractivity contribution in [3.8, 4) is 0 Å². The Kier molecular flexibility index (Phi) is 2.12. The number of benzene rings is 1. The number of piperidine rings is 1. The average Bonchev–Trinajstić information content (AvgIpc) is 3.14. The van der Waals surface area contributed by atoms with Gasteiger partial charge in [0.1, 0.15) is 0 Å². The molecule has 5 heteroatoms. The van der Waals surface area contributed by atoms with E-state index in [4.69, 9.17) is 0 Å². The van der Waals surface area contributed by atoms with Gasteiger partial charge in [-0.3, -0.25) is 14.6 Å². The highest BCUT2D eigenvalue weighted by Gasteiger charge is 2.59. The molecule has 1 aromatic heterocycles. The van der Waals surface area contributed by atoms with Crippen LogP contribution in [0.1, 0.15) is 6.42 Å². The molecule has 2 aromatic rings. The number of anilines is 1. The van der Waals surface area contributed by atoms with Crippen molar-refractivity contribution in [2.45, 2.75) is 6.42 Å². The predicted octanol–water partition coefficient (Wildman–Crippen LogP) is 2.51. The maximum atomic E-state index is 12.1. The lowest BCUT2D eigenvalue weighted by Gasteiger charge is -2.17. The van der Waals surface area contributed by atoms with Gasteiger partial charge in [-0.05, 0) is 34.5 Å². The van der Waals surface area contributed by atoms with E-state index < -0.39 is 0 Å². The minimum Gasteiger partial charge on any atom is -0.274 e. The molecule has 0 radical (unpaired) electrons. The van der Waals surface area contributed by atoms with Crippen LogP contribution in [0.15, 0.2) is 34.9 Å². The molecule has 4 nitrogen and oxygen atoms in total. The lowest BCUT2D eigenvalue weighted by Crippen LogP contribution is -2.33. The number of para-hydroxylation sites is 1. The first-order valence-electron chi connectivity index (χ1n) is 6.09. The highest BCUT2D eigenvalue weighted by molar-refractivity contribution is 9.10. The van der Waals surface area contributed by atoms with E-state index in [0.29, 0.717) is 11.2 Å². The van der Waals surface area contributed by atoms with E-state index in [2.05, 4.69) is 20.9 Å². The van der Waals surface area contributed by atoms with Crippen LogP contribution in [-0.2, 0) is 9.59 Å². The molecule has 0 bridgehead atoms. The zero-order valence-electron chi connectivity index (χ0n) is 9.84. The number of carbonyl (C=O) groups excluding carboxylic acids is 2. The molecule has 1 saturated heterocycles. The van der Waals surface area contributed by atoms with Gasteiger partial charge in [-0.15, -0.1) is 0 Å². The van der Waals surface area contributed by atoms with E-state index in [1.54, 1.807) is 12.3 Å². The van der Waals surface area contributed by atoms with Gasteiger partial charge in [-0.25, -0.2) is 4.90 Å². The number of amides is 2. The smallest absolute Gasteiger partial charge is 0.237 e. The third-order valence-corrected chi connectivity index (χ3v) is 4.20. The third kappa shape index (κ3) is 1.48. The number of fused-ring (bicyclic) bond motifs is 2. The molecule has 1 saturated carbocycles. The Bertz CT molecular complexity index is 723. The molecule has 2 unspecified atom stereocenters. The van der Waals surface area contributed by atoms with E-state index >= 15 is 0 Å². The molecule has 1 aromatic carbocycles. The molecule has 2 atom stereocenters. The fourth-order valence-corrected chi connectivity index (χ4v) is 3.07. The van der Waals surface area contributed by atoms with E-state index in [1.807, 2.05) is 18.2 Å². The van der Waals surface area contributed by atoms with Gasteiger partial charge in [-0.1, -0.05) is 12.1 Å². The van der Waals surface area contributed by atoms with Gasteiger partial charge in [0.15, 0.2) is 0 Å². The standard InChI is InChI=1S/C14H9BrN2O2/c15-8-4-7-2-1-3-11(12(7)16-6-8)17-13(18)9-5-10(9)14(17)19/h1-4,6,9-10H,5H2. The Morgan fingerprint density at radius 2 is 1.95 bits per heavy atom. The monoisotopic (exact) mass is 316 g/mol. The number of halogens is 1. The predicted molar refractivity (Wildman–Crippen MR) is 73.5 cm³/mol. The second-order valence-corrected chi connectivity index (χ2v) is 5.88. The first kappa shape index (κ1) is 11.1. The second kappa shape index (κ2) is 3.63. The summed E-state index contributed by atoms with van der Waals surface area (Å²) in [5, 5.41) is 0.910. The first-order chi connectivity index (χ1) is 9.16. The number of aromatic nitrogens is 1. The number of hydrogen-bond acceptors (Lipinski definition) is 3. The summed E-state index contributed by atoms with van der Waals surface area (Å²) in [5.41, 5.74) is 1.29. The van der Waals surface area contributed by atoms with Gasteiger partial charge in [0.25, 0.3) is 0 Å². The lowest BCUT2D eigenvalue weighted by atomic mass is 10.1. The van der Waals surface area contributed by atoms with E-state index in [-0.39, 0.29) is 23.7 Å². The van der Waals surface area contributed by atoms with Crippen molar-refractivity contribution in [3.05, 3.63) is 34.9 Å². The van der Waals surface area contributed by atoms with E-state index in [0.717, 1.165) is 16.3 Å². The Morgan fingerprint density at radius 3 is 2.68 bits per heavy atom. The number of hydrogen-bond donors (Lipinski definition) is 0. The SMILES string of the molecule is O=C1C2CC2C(=O)N1c1cccc2cc(Br)cnc12. The summed E-state index contributed by atoms with van der Waals surface area (Å²) in [6.45, 7) is 0. The molecule has 2 fully saturated rings. The molecule has 4 rings (SSSR count). The molecule has 1 aliphatic carbocycles. The highest BCUT2D eigenvalue weighted by Crippen LogP contribution is 2.49. The van der Waals surface area contributed by atoms with Crippen LogP contribution >= 0.6 is 15.9 Å². The fourth-order valence-electron chi connectivity index (χ4n) is 2.72. The molecular weight excluding hydrogens is 308 g/mol. The zero-order valence-corrected chi connectivity index (χ0v) is 11.4. The normalized spacial score (nSPS) is 25.0. The Balaban J connectivity index is 1.92. The van der Waals surface area contributed by atoms with Gasteiger partial charge in [0.05, 0.1) is 23.0 Å². The largest absolute Gasteiger partial charge is 0.274 e. The van der Waals surface area contributed by atoms with Crippen molar-refractivity contribution in [1.29, 1.82) is 0 Å². The van der Waals surface area contributed by atoms with Gasteiger partial charge in [-0.2, -0.15) is 0 Å². The van der Waals surface area contributed by atoms with Crippen LogP contribution in [0.25, 0.3) is 10.9 Å². The van der Waals surface area contributed by atoms with Crippen molar-refractivity contribution < 1.29 is 9.59 Å². The molecule has 94 valence electrons. The average molecular weight is 317 g/mol. The van der Waals surface area contributed by atoms with E-state index in [1.165, 1.54) is 4.90 Å².